The molecule has 0 rings (SSSR count). The van der Waals surface area contributed by atoms with Crippen LogP contribution in [0.4, 0.5) is 0 Å². The van der Waals surface area contributed by atoms with Crippen molar-refractivity contribution in [2.75, 3.05) is 47.5 Å². The number of allylic oxidation sites excluding steroid dienone is 18. The van der Waals surface area contributed by atoms with Crippen LogP contribution in [0.3, 0.4) is 0 Å². The number of aliphatic carboxylic acids is 1. The molecule has 0 aromatic rings. The third-order valence-electron chi connectivity index (χ3n) is 8.53. The van der Waals surface area contributed by atoms with E-state index in [2.05, 4.69) is 117 Å². The molecule has 0 N–H and O–H groups in total. The van der Waals surface area contributed by atoms with Crippen molar-refractivity contribution in [3.8, 4) is 0 Å². The van der Waals surface area contributed by atoms with E-state index in [1.165, 1.54) is 0 Å². The van der Waals surface area contributed by atoms with Crippen LogP contribution < -0.4 is 5.11 Å². The number of esters is 2. The zero-order valence-corrected chi connectivity index (χ0v) is 37.3. The third-order valence-corrected chi connectivity index (χ3v) is 8.53. The first-order chi connectivity index (χ1) is 28.6. The number of rotatable bonds is 38. The molecular formula is C50H79NO8. The molecule has 0 aliphatic carbocycles. The maximum absolute atomic E-state index is 12.6. The van der Waals surface area contributed by atoms with Crippen LogP contribution in [0.1, 0.15) is 129 Å². The molecule has 0 saturated carbocycles. The number of hydrogen-bond acceptors (Lipinski definition) is 8. The number of carbonyl (C=O) groups is 3. The van der Waals surface area contributed by atoms with Crippen molar-refractivity contribution in [1.82, 2.24) is 0 Å². The maximum Gasteiger partial charge on any atom is 0.306 e. The number of nitrogens with zero attached hydrogens (tertiary/aromatic N) is 1. The van der Waals surface area contributed by atoms with Crippen LogP contribution in [0.5, 0.6) is 0 Å². The molecule has 0 spiro atoms. The van der Waals surface area contributed by atoms with E-state index in [0.29, 0.717) is 23.9 Å². The summed E-state index contributed by atoms with van der Waals surface area (Å²) in [5.74, 6) is -2.40. The summed E-state index contributed by atoms with van der Waals surface area (Å²) >= 11 is 0. The lowest BCUT2D eigenvalue weighted by Gasteiger charge is -2.26. The zero-order valence-electron chi connectivity index (χ0n) is 37.3. The number of carbonyl (C=O) groups excluding carboxylic acids is 3. The lowest BCUT2D eigenvalue weighted by molar-refractivity contribution is -0.870. The molecule has 59 heavy (non-hydrogen) atoms. The van der Waals surface area contributed by atoms with Crippen LogP contribution in [-0.4, -0.2) is 82.3 Å². The van der Waals surface area contributed by atoms with Crippen LogP contribution in [0.25, 0.3) is 0 Å². The fourth-order valence-corrected chi connectivity index (χ4v) is 5.12. The van der Waals surface area contributed by atoms with E-state index in [-0.39, 0.29) is 32.7 Å². The normalized spacial score (nSPS) is 14.0. The van der Waals surface area contributed by atoms with Gasteiger partial charge in [0.1, 0.15) is 13.2 Å². The fourth-order valence-electron chi connectivity index (χ4n) is 5.12. The second-order valence-electron chi connectivity index (χ2n) is 15.3. The van der Waals surface area contributed by atoms with Gasteiger partial charge in [0, 0.05) is 12.8 Å². The zero-order chi connectivity index (χ0) is 43.5. The molecular weight excluding hydrogens is 743 g/mol. The molecule has 9 nitrogen and oxygen atoms in total. The quantitative estimate of drug-likeness (QED) is 0.0199. The molecule has 0 fully saturated rings. The predicted octanol–water partition coefficient (Wildman–Crippen LogP) is 10.3. The van der Waals surface area contributed by atoms with E-state index in [4.69, 9.17) is 18.9 Å². The first-order valence-electron chi connectivity index (χ1n) is 22.0. The highest BCUT2D eigenvalue weighted by Gasteiger charge is 2.21. The monoisotopic (exact) mass is 822 g/mol. The average Bonchev–Trinajstić information content (AvgIpc) is 3.19. The van der Waals surface area contributed by atoms with Gasteiger partial charge in [0.2, 0.25) is 0 Å². The first-order valence-corrected chi connectivity index (χ1v) is 22.0. The molecule has 0 aliphatic heterocycles. The Bertz CT molecular complexity index is 1330. The molecule has 0 bridgehead atoms. The molecule has 0 aromatic carbocycles. The number of ether oxygens (including phenoxy) is 4. The van der Waals surface area contributed by atoms with Crippen LogP contribution in [0.2, 0.25) is 0 Å². The molecule has 2 atom stereocenters. The van der Waals surface area contributed by atoms with Gasteiger partial charge in [-0.3, -0.25) is 9.59 Å². The molecule has 0 aliphatic rings. The lowest BCUT2D eigenvalue weighted by atomic mass is 10.1. The number of likely N-dealkylation sites (N-methyl/N-ethyl adjacent to an activating group) is 1. The minimum Gasteiger partial charge on any atom is -0.545 e. The lowest BCUT2D eigenvalue weighted by Crippen LogP contribution is -2.44. The standard InChI is InChI=1S/C50H79NO8/c1-6-8-10-12-13-14-15-16-17-18-19-20-21-22-23-24-25-26-27-28-29-30-31-32-33-34-35-37-39-41-48(53)59-46(44-57-47(52)40-38-36-11-9-7-2)45-58-50(49(54)55)56-43-42-51(3,4)5/h8,10,13-14,16-17,19-20,22-23,25-26,28-29,31-32,34-35,46,50H,6-7,9,11-12,15,18,21,24,27,30,33,36-45H2,1-5H3/b10-8-,14-13-,17-16-,20-19-,23-22-,26-25-,29-28-,32-31-,35-34-. The number of carboxylic acids is 1. The van der Waals surface area contributed by atoms with Crippen LogP contribution in [-0.2, 0) is 33.3 Å². The maximum atomic E-state index is 12.6. The highest BCUT2D eigenvalue weighted by atomic mass is 16.7. The third kappa shape index (κ3) is 41.9. The van der Waals surface area contributed by atoms with E-state index < -0.39 is 30.3 Å². The SMILES string of the molecule is CC/C=C\C/C=C\C/C=C\C/C=C\C/C=C\C/C=C\C/C=C\C/C=C\C/C=C\CCCC(=O)OC(COC(=O)CCCCCCC)COC(OCC[N+](C)(C)C)C(=O)[O-]. The van der Waals surface area contributed by atoms with Crippen molar-refractivity contribution in [3.05, 3.63) is 109 Å². The smallest absolute Gasteiger partial charge is 0.306 e. The van der Waals surface area contributed by atoms with Gasteiger partial charge in [-0.1, -0.05) is 149 Å². The van der Waals surface area contributed by atoms with Gasteiger partial charge < -0.3 is 33.3 Å². The van der Waals surface area contributed by atoms with Gasteiger partial charge >= 0.3 is 11.9 Å². The molecule has 0 heterocycles. The largest absolute Gasteiger partial charge is 0.545 e. The highest BCUT2D eigenvalue weighted by Crippen LogP contribution is 2.09. The Balaban J connectivity index is 4.35. The van der Waals surface area contributed by atoms with E-state index in [9.17, 15) is 19.5 Å². The number of unbranched alkanes of at least 4 members (excludes halogenated alkanes) is 5. The van der Waals surface area contributed by atoms with Crippen LogP contribution >= 0.6 is 0 Å². The Hall–Kier alpha value is -4.05. The van der Waals surface area contributed by atoms with E-state index >= 15 is 0 Å². The Labute approximate surface area is 358 Å². The minimum absolute atomic E-state index is 0.131. The van der Waals surface area contributed by atoms with Crippen molar-refractivity contribution in [3.63, 3.8) is 0 Å². The van der Waals surface area contributed by atoms with Gasteiger partial charge in [-0.25, -0.2) is 0 Å². The second-order valence-corrected chi connectivity index (χ2v) is 15.3. The van der Waals surface area contributed by atoms with E-state index in [0.717, 1.165) is 89.9 Å². The highest BCUT2D eigenvalue weighted by molar-refractivity contribution is 5.70. The van der Waals surface area contributed by atoms with Crippen molar-refractivity contribution in [2.45, 2.75) is 142 Å². The predicted molar refractivity (Wildman–Crippen MR) is 241 cm³/mol. The molecule has 9 heteroatoms. The van der Waals surface area contributed by atoms with Crippen molar-refractivity contribution < 1.29 is 42.9 Å². The summed E-state index contributed by atoms with van der Waals surface area (Å²) in [6.45, 7) is 4.41. The molecule has 332 valence electrons. The molecule has 0 radical (unpaired) electrons. The van der Waals surface area contributed by atoms with Gasteiger partial charge in [0.05, 0.1) is 40.3 Å². The summed E-state index contributed by atoms with van der Waals surface area (Å²) in [4.78, 5) is 36.6. The van der Waals surface area contributed by atoms with Gasteiger partial charge in [-0.15, -0.1) is 0 Å². The Kier molecular flexibility index (Phi) is 37.9. The summed E-state index contributed by atoms with van der Waals surface area (Å²) in [6.07, 6.45) is 51.9. The summed E-state index contributed by atoms with van der Waals surface area (Å²) in [7, 11) is 5.86. The fraction of sp³-hybridized carbons (Fsp3) is 0.580. The molecule has 0 saturated heterocycles. The summed E-state index contributed by atoms with van der Waals surface area (Å²) in [5, 5.41) is 11.6. The van der Waals surface area contributed by atoms with Gasteiger partial charge in [0.25, 0.3) is 0 Å². The Morgan fingerprint density at radius 3 is 1.41 bits per heavy atom. The summed E-state index contributed by atoms with van der Waals surface area (Å²) in [5.41, 5.74) is 0. The Morgan fingerprint density at radius 1 is 0.525 bits per heavy atom. The Morgan fingerprint density at radius 2 is 0.966 bits per heavy atom. The average molecular weight is 822 g/mol. The van der Waals surface area contributed by atoms with Crippen molar-refractivity contribution in [1.29, 1.82) is 0 Å². The number of hydrogen-bond donors (Lipinski definition) is 0. The first kappa shape index (κ1) is 55.0. The summed E-state index contributed by atoms with van der Waals surface area (Å²) < 4.78 is 22.3. The summed E-state index contributed by atoms with van der Waals surface area (Å²) in [6, 6.07) is 0. The van der Waals surface area contributed by atoms with Crippen LogP contribution in [0, 0.1) is 0 Å². The van der Waals surface area contributed by atoms with Crippen LogP contribution in [0.15, 0.2) is 109 Å². The van der Waals surface area contributed by atoms with Crippen molar-refractivity contribution >= 4 is 17.9 Å². The van der Waals surface area contributed by atoms with Gasteiger partial charge in [-0.2, -0.15) is 0 Å². The van der Waals surface area contributed by atoms with Gasteiger partial charge in [0.15, 0.2) is 12.4 Å². The van der Waals surface area contributed by atoms with Gasteiger partial charge in [-0.05, 0) is 77.0 Å². The second kappa shape index (κ2) is 40.7. The minimum atomic E-state index is -1.64. The number of quaternary nitrogens is 1. The van der Waals surface area contributed by atoms with E-state index in [1.807, 2.05) is 27.2 Å². The molecule has 2 unspecified atom stereocenters. The molecule has 0 amide bonds. The molecule has 0 aromatic heterocycles. The van der Waals surface area contributed by atoms with E-state index in [1.54, 1.807) is 0 Å². The topological polar surface area (TPSA) is 111 Å². The number of carboxylic acid groups (broad SMARTS) is 1. The van der Waals surface area contributed by atoms with Crippen molar-refractivity contribution in [2.24, 2.45) is 0 Å².